The molecule has 2 aromatic heterocycles. The first-order valence-electron chi connectivity index (χ1n) is 5.95. The third-order valence-electron chi connectivity index (χ3n) is 2.85. The van der Waals surface area contributed by atoms with Crippen molar-refractivity contribution in [2.75, 3.05) is 0 Å². The lowest BCUT2D eigenvalue weighted by atomic mass is 10.1. The van der Waals surface area contributed by atoms with Gasteiger partial charge in [-0.2, -0.15) is 0 Å². The molecule has 2 heterocycles. The average molecular weight is 227 g/mol. The van der Waals surface area contributed by atoms with Crippen molar-refractivity contribution in [3.8, 4) is 12.3 Å². The van der Waals surface area contributed by atoms with Gasteiger partial charge in [0, 0.05) is 24.3 Å². The second kappa shape index (κ2) is 5.51. The van der Waals surface area contributed by atoms with Crippen LogP contribution in [0.2, 0.25) is 0 Å². The fourth-order valence-corrected chi connectivity index (χ4v) is 1.93. The molecule has 2 aromatic rings. The quantitative estimate of drug-likeness (QED) is 0.770. The van der Waals surface area contributed by atoms with Gasteiger partial charge in [-0.05, 0) is 24.1 Å². The van der Waals surface area contributed by atoms with Crippen LogP contribution in [0.25, 0.3) is 11.0 Å². The summed E-state index contributed by atoms with van der Waals surface area (Å²) in [6, 6.07) is 4.17. The van der Waals surface area contributed by atoms with E-state index in [-0.39, 0.29) is 6.04 Å². The molecule has 2 N–H and O–H groups in total. The molecule has 0 saturated carbocycles. The van der Waals surface area contributed by atoms with Crippen LogP contribution >= 0.6 is 0 Å². The molecular weight excluding hydrogens is 210 g/mol. The van der Waals surface area contributed by atoms with Crippen LogP contribution in [0.3, 0.4) is 0 Å². The molecule has 0 aliphatic rings. The number of pyridine rings is 1. The minimum absolute atomic E-state index is 0.154. The Hall–Kier alpha value is -1.79. The second-order valence-electron chi connectivity index (χ2n) is 4.10. The molecule has 0 saturated heterocycles. The van der Waals surface area contributed by atoms with Gasteiger partial charge in [-0.15, -0.1) is 6.42 Å². The van der Waals surface area contributed by atoms with Gasteiger partial charge >= 0.3 is 0 Å². The van der Waals surface area contributed by atoms with Gasteiger partial charge in [0.1, 0.15) is 5.65 Å². The molecular formula is C14H17N3. The lowest BCUT2D eigenvalue weighted by molar-refractivity contribution is 0.564. The Morgan fingerprint density at radius 1 is 1.59 bits per heavy atom. The zero-order valence-electron chi connectivity index (χ0n) is 10.0. The summed E-state index contributed by atoms with van der Waals surface area (Å²) in [5.41, 5.74) is 2.14. The van der Waals surface area contributed by atoms with Crippen molar-refractivity contribution in [2.45, 2.75) is 32.4 Å². The molecule has 0 spiro atoms. The normalized spacial score (nSPS) is 12.5. The van der Waals surface area contributed by atoms with Gasteiger partial charge in [0.15, 0.2) is 0 Å². The van der Waals surface area contributed by atoms with E-state index in [2.05, 4.69) is 34.2 Å². The van der Waals surface area contributed by atoms with Gasteiger partial charge in [-0.3, -0.25) is 5.32 Å². The number of aromatic amines is 1. The third kappa shape index (κ3) is 2.66. The van der Waals surface area contributed by atoms with E-state index >= 15 is 0 Å². The van der Waals surface area contributed by atoms with Crippen LogP contribution in [0.15, 0.2) is 24.5 Å². The molecule has 0 bridgehead atoms. The van der Waals surface area contributed by atoms with E-state index < -0.39 is 0 Å². The van der Waals surface area contributed by atoms with Gasteiger partial charge in [0.25, 0.3) is 0 Å². The van der Waals surface area contributed by atoms with Crippen molar-refractivity contribution in [3.05, 3.63) is 30.1 Å². The SMILES string of the molecule is C#CC(CCC)NCc1c[nH]c2ncccc12. The summed E-state index contributed by atoms with van der Waals surface area (Å²) >= 11 is 0. The molecule has 3 heteroatoms. The van der Waals surface area contributed by atoms with Crippen molar-refractivity contribution in [1.29, 1.82) is 0 Å². The topological polar surface area (TPSA) is 40.7 Å². The lowest BCUT2D eigenvalue weighted by Crippen LogP contribution is -2.26. The van der Waals surface area contributed by atoms with Crippen LogP contribution in [0, 0.1) is 12.3 Å². The van der Waals surface area contributed by atoms with Crippen molar-refractivity contribution in [3.63, 3.8) is 0 Å². The Morgan fingerprint density at radius 3 is 3.24 bits per heavy atom. The Labute approximate surface area is 102 Å². The van der Waals surface area contributed by atoms with Crippen LogP contribution in [0.5, 0.6) is 0 Å². The highest BCUT2D eigenvalue weighted by atomic mass is 14.9. The molecule has 0 radical (unpaired) electrons. The predicted octanol–water partition coefficient (Wildman–Crippen LogP) is 2.45. The van der Waals surface area contributed by atoms with E-state index in [1.54, 1.807) is 6.20 Å². The van der Waals surface area contributed by atoms with E-state index in [1.807, 2.05) is 12.3 Å². The minimum Gasteiger partial charge on any atom is -0.346 e. The Kier molecular flexibility index (Phi) is 3.79. The number of hydrogen-bond acceptors (Lipinski definition) is 2. The number of nitrogens with zero attached hydrogens (tertiary/aromatic N) is 1. The summed E-state index contributed by atoms with van der Waals surface area (Å²) in [5.74, 6) is 2.78. The molecule has 3 nitrogen and oxygen atoms in total. The Bertz CT molecular complexity index is 521. The van der Waals surface area contributed by atoms with Gasteiger partial charge in [-0.1, -0.05) is 19.3 Å². The summed E-state index contributed by atoms with van der Waals surface area (Å²) in [7, 11) is 0. The highest BCUT2D eigenvalue weighted by Crippen LogP contribution is 2.15. The standard InChI is InChI=1S/C14H17N3/c1-3-6-12(4-2)16-9-11-10-17-14-13(11)7-5-8-15-14/h2,5,7-8,10,12,16H,3,6,9H2,1H3,(H,15,17). The Morgan fingerprint density at radius 2 is 2.47 bits per heavy atom. The van der Waals surface area contributed by atoms with Crippen LogP contribution in [-0.2, 0) is 6.54 Å². The zero-order chi connectivity index (χ0) is 12.1. The van der Waals surface area contributed by atoms with Gasteiger partial charge in [-0.25, -0.2) is 4.98 Å². The molecule has 17 heavy (non-hydrogen) atoms. The molecule has 0 aliphatic heterocycles. The lowest BCUT2D eigenvalue weighted by Gasteiger charge is -2.11. The number of hydrogen-bond donors (Lipinski definition) is 2. The second-order valence-corrected chi connectivity index (χ2v) is 4.10. The first-order valence-corrected chi connectivity index (χ1v) is 5.95. The zero-order valence-corrected chi connectivity index (χ0v) is 10.0. The number of nitrogens with one attached hydrogen (secondary N) is 2. The van der Waals surface area contributed by atoms with Crippen molar-refractivity contribution in [1.82, 2.24) is 15.3 Å². The van der Waals surface area contributed by atoms with Crippen molar-refractivity contribution >= 4 is 11.0 Å². The first kappa shape index (κ1) is 11.7. The first-order chi connectivity index (χ1) is 8.35. The van der Waals surface area contributed by atoms with E-state index in [1.165, 1.54) is 5.56 Å². The molecule has 0 aromatic carbocycles. The monoisotopic (exact) mass is 227 g/mol. The smallest absolute Gasteiger partial charge is 0.137 e. The van der Waals surface area contributed by atoms with E-state index in [4.69, 9.17) is 6.42 Å². The van der Waals surface area contributed by atoms with Gasteiger partial charge in [0.05, 0.1) is 6.04 Å². The van der Waals surface area contributed by atoms with Crippen molar-refractivity contribution < 1.29 is 0 Å². The summed E-state index contributed by atoms with van der Waals surface area (Å²) in [4.78, 5) is 7.42. The summed E-state index contributed by atoms with van der Waals surface area (Å²) < 4.78 is 0. The van der Waals surface area contributed by atoms with Crippen LogP contribution in [0.1, 0.15) is 25.3 Å². The number of H-pyrrole nitrogens is 1. The molecule has 88 valence electrons. The fourth-order valence-electron chi connectivity index (χ4n) is 1.93. The summed E-state index contributed by atoms with van der Waals surface area (Å²) in [5, 5.41) is 4.54. The number of terminal acetylenes is 1. The maximum atomic E-state index is 5.48. The predicted molar refractivity (Wildman–Crippen MR) is 70.5 cm³/mol. The minimum atomic E-state index is 0.154. The highest BCUT2D eigenvalue weighted by molar-refractivity contribution is 5.79. The van der Waals surface area contributed by atoms with E-state index in [0.29, 0.717) is 0 Å². The van der Waals surface area contributed by atoms with E-state index in [9.17, 15) is 0 Å². The highest BCUT2D eigenvalue weighted by Gasteiger charge is 2.06. The van der Waals surface area contributed by atoms with Crippen LogP contribution < -0.4 is 5.32 Å². The average Bonchev–Trinajstić information content (AvgIpc) is 2.78. The largest absolute Gasteiger partial charge is 0.346 e. The third-order valence-corrected chi connectivity index (χ3v) is 2.85. The fraction of sp³-hybridized carbons (Fsp3) is 0.357. The number of rotatable bonds is 5. The summed E-state index contributed by atoms with van der Waals surface area (Å²) in [6.07, 6.45) is 11.4. The molecule has 2 rings (SSSR count). The van der Waals surface area contributed by atoms with Gasteiger partial charge < -0.3 is 4.98 Å². The number of aromatic nitrogens is 2. The molecule has 1 atom stereocenters. The molecule has 1 unspecified atom stereocenters. The van der Waals surface area contributed by atoms with Crippen molar-refractivity contribution in [2.24, 2.45) is 0 Å². The Balaban J connectivity index is 2.06. The molecule has 0 fully saturated rings. The maximum absolute atomic E-state index is 5.48. The van der Waals surface area contributed by atoms with Crippen LogP contribution in [0.4, 0.5) is 0 Å². The molecule has 0 aliphatic carbocycles. The molecule has 0 amide bonds. The summed E-state index contributed by atoms with van der Waals surface area (Å²) in [6.45, 7) is 2.92. The number of fused-ring (bicyclic) bond motifs is 1. The van der Waals surface area contributed by atoms with E-state index in [0.717, 1.165) is 30.4 Å². The van der Waals surface area contributed by atoms with Crippen LogP contribution in [-0.4, -0.2) is 16.0 Å². The van der Waals surface area contributed by atoms with Gasteiger partial charge in [0.2, 0.25) is 0 Å². The maximum Gasteiger partial charge on any atom is 0.137 e.